The van der Waals surface area contributed by atoms with Gasteiger partial charge in [-0.2, -0.15) is 0 Å². The van der Waals surface area contributed by atoms with E-state index in [0.29, 0.717) is 22.7 Å². The lowest BCUT2D eigenvalue weighted by molar-refractivity contribution is -0.170. The Hall–Kier alpha value is -1.05. The molecular formula is C34H56O2. The van der Waals surface area contributed by atoms with Crippen molar-refractivity contribution in [3.63, 3.8) is 0 Å². The number of esters is 1. The van der Waals surface area contributed by atoms with Crippen molar-refractivity contribution in [3.8, 4) is 0 Å². The fourth-order valence-corrected chi connectivity index (χ4v) is 9.90. The molecule has 204 valence electrons. The summed E-state index contributed by atoms with van der Waals surface area (Å²) < 4.78 is 5.88. The van der Waals surface area contributed by atoms with Crippen LogP contribution in [0.25, 0.3) is 0 Å². The molecule has 0 amide bonds. The minimum absolute atomic E-state index is 0.0239. The highest BCUT2D eigenvalue weighted by Gasteiger charge is 2.65. The first-order chi connectivity index (χ1) is 16.5. The van der Waals surface area contributed by atoms with Gasteiger partial charge in [0.1, 0.15) is 6.10 Å². The SMILES string of the molecule is CC(=O)O[C@H]1CC[C@@]2(C)C3=CC[C@@]4(C)[C@H]([C@H](C)C/C=C(\C)C(C)(C)C)CC[C@@]4(C)[C@@H]3CC[C@@H]2C1(C)C. The van der Waals surface area contributed by atoms with Crippen LogP contribution in [0.4, 0.5) is 0 Å². The molecule has 2 heteroatoms. The van der Waals surface area contributed by atoms with Crippen LogP contribution in [-0.4, -0.2) is 12.1 Å². The second-order valence-corrected chi connectivity index (χ2v) is 15.8. The predicted octanol–water partition coefficient (Wildman–Crippen LogP) is 9.54. The van der Waals surface area contributed by atoms with Gasteiger partial charge in [0, 0.05) is 12.3 Å². The Balaban J connectivity index is 1.61. The van der Waals surface area contributed by atoms with Gasteiger partial charge in [-0.05, 0) is 104 Å². The fourth-order valence-electron chi connectivity index (χ4n) is 9.90. The third kappa shape index (κ3) is 4.16. The molecule has 0 aromatic rings. The lowest BCUT2D eigenvalue weighted by atomic mass is 9.41. The third-order valence-electron chi connectivity index (χ3n) is 12.8. The van der Waals surface area contributed by atoms with Crippen LogP contribution in [0.3, 0.4) is 0 Å². The van der Waals surface area contributed by atoms with Crippen LogP contribution in [0.2, 0.25) is 0 Å². The second kappa shape index (κ2) is 9.01. The molecule has 3 fully saturated rings. The molecule has 0 aromatic heterocycles. The van der Waals surface area contributed by atoms with Gasteiger partial charge in [-0.3, -0.25) is 4.79 Å². The van der Waals surface area contributed by atoms with E-state index in [4.69, 9.17) is 4.74 Å². The van der Waals surface area contributed by atoms with Crippen LogP contribution < -0.4 is 0 Å². The Labute approximate surface area is 223 Å². The number of rotatable bonds is 4. The molecular weight excluding hydrogens is 440 g/mol. The van der Waals surface area contributed by atoms with E-state index in [-0.39, 0.29) is 28.3 Å². The van der Waals surface area contributed by atoms with Gasteiger partial charge in [0.2, 0.25) is 0 Å². The molecule has 0 aliphatic heterocycles. The first kappa shape index (κ1) is 28.0. The van der Waals surface area contributed by atoms with E-state index in [1.165, 1.54) is 44.1 Å². The summed E-state index contributed by atoms with van der Waals surface area (Å²) in [4.78, 5) is 11.9. The zero-order valence-corrected chi connectivity index (χ0v) is 25.5. The van der Waals surface area contributed by atoms with E-state index in [1.54, 1.807) is 12.5 Å². The lowest BCUT2D eigenvalue weighted by Crippen LogP contribution is -2.58. The quantitative estimate of drug-likeness (QED) is 0.286. The molecule has 0 bridgehead atoms. The Bertz CT molecular complexity index is 931. The molecule has 0 heterocycles. The van der Waals surface area contributed by atoms with Crippen molar-refractivity contribution in [3.05, 3.63) is 23.3 Å². The van der Waals surface area contributed by atoms with E-state index in [1.807, 2.05) is 0 Å². The number of fused-ring (bicyclic) bond motifs is 5. The highest BCUT2D eigenvalue weighted by molar-refractivity contribution is 5.66. The van der Waals surface area contributed by atoms with Gasteiger partial charge < -0.3 is 4.74 Å². The first-order valence-electron chi connectivity index (χ1n) is 15.0. The van der Waals surface area contributed by atoms with Crippen molar-refractivity contribution >= 4 is 5.97 Å². The molecule has 4 aliphatic rings. The molecule has 0 unspecified atom stereocenters. The smallest absolute Gasteiger partial charge is 0.302 e. The maximum atomic E-state index is 11.9. The standard InChI is InChI=1S/C34H56O2/c1-22(12-13-23(2)30(4,5)6)25-16-20-34(11)27-14-15-28-31(7,8)29(36-24(3)35)18-19-32(28,9)26(27)17-21-33(25,34)10/h13,17,22,25,27-29H,12,14-16,18-21H2,1-11H3/b23-13+/t22-,25+,27-,28-,29+,32+,33+,34+/m1/s1. The maximum absolute atomic E-state index is 11.9. The number of ether oxygens (including phenoxy) is 1. The Morgan fingerprint density at radius 1 is 1.03 bits per heavy atom. The molecule has 0 N–H and O–H groups in total. The average Bonchev–Trinajstić information content (AvgIpc) is 3.04. The van der Waals surface area contributed by atoms with Gasteiger partial charge in [0.05, 0.1) is 0 Å². The van der Waals surface area contributed by atoms with Crippen molar-refractivity contribution < 1.29 is 9.53 Å². The molecule has 0 saturated heterocycles. The zero-order chi connectivity index (χ0) is 26.9. The van der Waals surface area contributed by atoms with E-state index >= 15 is 0 Å². The molecule has 0 spiro atoms. The highest BCUT2D eigenvalue weighted by Crippen LogP contribution is 2.73. The van der Waals surface area contributed by atoms with Crippen molar-refractivity contribution in [2.75, 3.05) is 0 Å². The fraction of sp³-hybridized carbons (Fsp3) is 0.853. The van der Waals surface area contributed by atoms with Gasteiger partial charge in [-0.25, -0.2) is 0 Å². The minimum atomic E-state index is -0.121. The summed E-state index contributed by atoms with van der Waals surface area (Å²) in [5.74, 6) is 2.70. The Morgan fingerprint density at radius 2 is 1.69 bits per heavy atom. The third-order valence-corrected chi connectivity index (χ3v) is 12.8. The van der Waals surface area contributed by atoms with Crippen LogP contribution in [0.1, 0.15) is 128 Å². The molecule has 36 heavy (non-hydrogen) atoms. The van der Waals surface area contributed by atoms with Gasteiger partial charge >= 0.3 is 5.97 Å². The molecule has 0 aromatic carbocycles. The first-order valence-corrected chi connectivity index (χ1v) is 15.0. The second-order valence-electron chi connectivity index (χ2n) is 15.8. The summed E-state index contributed by atoms with van der Waals surface area (Å²) in [6, 6.07) is 0. The van der Waals surface area contributed by atoms with E-state index in [0.717, 1.165) is 24.7 Å². The van der Waals surface area contributed by atoms with Crippen molar-refractivity contribution in [2.45, 2.75) is 134 Å². The Morgan fingerprint density at radius 3 is 2.31 bits per heavy atom. The summed E-state index contributed by atoms with van der Waals surface area (Å²) in [7, 11) is 0. The summed E-state index contributed by atoms with van der Waals surface area (Å²) in [6.07, 6.45) is 15.3. The normalized spacial score (nSPS) is 43.1. The predicted molar refractivity (Wildman–Crippen MR) is 152 cm³/mol. The number of carbonyl (C=O) groups excluding carboxylic acids is 1. The lowest BCUT2D eigenvalue weighted by Gasteiger charge is -2.64. The number of allylic oxidation sites excluding steroid dienone is 4. The molecule has 0 radical (unpaired) electrons. The van der Waals surface area contributed by atoms with Crippen molar-refractivity contribution in [1.29, 1.82) is 0 Å². The van der Waals surface area contributed by atoms with Crippen LogP contribution in [0.15, 0.2) is 23.3 Å². The zero-order valence-electron chi connectivity index (χ0n) is 25.5. The van der Waals surface area contributed by atoms with Crippen molar-refractivity contribution in [2.24, 2.45) is 50.7 Å². The Kier molecular flexibility index (Phi) is 7.00. The van der Waals surface area contributed by atoms with Crippen molar-refractivity contribution in [1.82, 2.24) is 0 Å². The van der Waals surface area contributed by atoms with E-state index in [9.17, 15) is 4.79 Å². The summed E-state index contributed by atoms with van der Waals surface area (Å²) in [5.41, 5.74) is 4.63. The number of hydrogen-bond donors (Lipinski definition) is 0. The highest BCUT2D eigenvalue weighted by atomic mass is 16.5. The summed E-state index contributed by atoms with van der Waals surface area (Å²) in [6.45, 7) is 26.1. The van der Waals surface area contributed by atoms with Crippen LogP contribution in [0.5, 0.6) is 0 Å². The van der Waals surface area contributed by atoms with Gasteiger partial charge in [0.25, 0.3) is 0 Å². The summed E-state index contributed by atoms with van der Waals surface area (Å²) >= 11 is 0. The van der Waals surface area contributed by atoms with Gasteiger partial charge in [0.15, 0.2) is 0 Å². The molecule has 8 atom stereocenters. The topological polar surface area (TPSA) is 26.3 Å². The summed E-state index contributed by atoms with van der Waals surface area (Å²) in [5, 5.41) is 0. The number of carbonyl (C=O) groups is 1. The van der Waals surface area contributed by atoms with Gasteiger partial charge in [-0.15, -0.1) is 0 Å². The molecule has 4 aliphatic carbocycles. The largest absolute Gasteiger partial charge is 0.462 e. The number of hydrogen-bond acceptors (Lipinski definition) is 2. The monoisotopic (exact) mass is 496 g/mol. The molecule has 4 rings (SSSR count). The maximum Gasteiger partial charge on any atom is 0.302 e. The van der Waals surface area contributed by atoms with E-state index in [2.05, 4.69) is 81.4 Å². The van der Waals surface area contributed by atoms with Crippen LogP contribution in [0, 0.1) is 50.7 Å². The minimum Gasteiger partial charge on any atom is -0.462 e. The average molecular weight is 497 g/mol. The molecule has 2 nitrogen and oxygen atoms in total. The van der Waals surface area contributed by atoms with Gasteiger partial charge in [-0.1, -0.05) is 85.6 Å². The van der Waals surface area contributed by atoms with Crippen LogP contribution >= 0.6 is 0 Å². The van der Waals surface area contributed by atoms with E-state index < -0.39 is 0 Å². The van der Waals surface area contributed by atoms with Crippen LogP contribution in [-0.2, 0) is 9.53 Å². The molecule has 3 saturated carbocycles.